The van der Waals surface area contributed by atoms with Gasteiger partial charge in [0.05, 0.1) is 25.0 Å². The first-order valence-electron chi connectivity index (χ1n) is 9.04. The van der Waals surface area contributed by atoms with Gasteiger partial charge in [-0.1, -0.05) is 12.2 Å². The van der Waals surface area contributed by atoms with Crippen LogP contribution in [0.5, 0.6) is 0 Å². The number of amides is 3. The van der Waals surface area contributed by atoms with Crippen molar-refractivity contribution in [3.8, 4) is 0 Å². The number of ether oxygens (including phenoxy) is 1. The Morgan fingerprint density at radius 2 is 1.80 bits per heavy atom. The maximum atomic E-state index is 13.1. The summed E-state index contributed by atoms with van der Waals surface area (Å²) in [5, 5.41) is 0. The molecule has 3 fully saturated rings. The second-order valence-corrected chi connectivity index (χ2v) is 8.27. The molecule has 136 valence electrons. The van der Waals surface area contributed by atoms with Gasteiger partial charge in [-0.3, -0.25) is 19.3 Å². The molecule has 5 atom stereocenters. The summed E-state index contributed by atoms with van der Waals surface area (Å²) in [6.07, 6.45) is 7.58. The van der Waals surface area contributed by atoms with E-state index in [4.69, 9.17) is 4.74 Å². The third-order valence-corrected chi connectivity index (χ3v) is 6.66. The van der Waals surface area contributed by atoms with Crippen LogP contribution in [-0.2, 0) is 19.1 Å². The highest BCUT2D eigenvalue weighted by molar-refractivity contribution is 7.98. The summed E-state index contributed by atoms with van der Waals surface area (Å²) in [5.41, 5.74) is 0. The molecule has 4 aliphatic rings. The van der Waals surface area contributed by atoms with Gasteiger partial charge >= 0.3 is 0 Å². The molecule has 2 saturated heterocycles. The van der Waals surface area contributed by atoms with Gasteiger partial charge in [0.1, 0.15) is 6.04 Å². The highest BCUT2D eigenvalue weighted by Gasteiger charge is 2.61. The van der Waals surface area contributed by atoms with Crippen LogP contribution in [0.3, 0.4) is 0 Å². The normalized spacial score (nSPS) is 34.8. The molecule has 6 nitrogen and oxygen atoms in total. The molecule has 2 bridgehead atoms. The van der Waals surface area contributed by atoms with Crippen LogP contribution in [-0.4, -0.2) is 71.9 Å². The Balaban J connectivity index is 1.58. The lowest BCUT2D eigenvalue weighted by atomic mass is 9.85. The first-order chi connectivity index (χ1) is 12.1. The molecule has 2 aliphatic carbocycles. The smallest absolute Gasteiger partial charge is 0.246 e. The number of likely N-dealkylation sites (tertiary alicyclic amines) is 1. The zero-order valence-corrected chi connectivity index (χ0v) is 15.2. The van der Waals surface area contributed by atoms with Crippen molar-refractivity contribution in [1.82, 2.24) is 9.80 Å². The number of hydrogen-bond donors (Lipinski definition) is 0. The molecule has 1 saturated carbocycles. The van der Waals surface area contributed by atoms with Crippen molar-refractivity contribution in [2.45, 2.75) is 18.9 Å². The van der Waals surface area contributed by atoms with E-state index in [1.54, 1.807) is 16.7 Å². The Labute approximate surface area is 151 Å². The summed E-state index contributed by atoms with van der Waals surface area (Å²) >= 11 is 1.63. The number of hydrogen-bond acceptors (Lipinski definition) is 5. The lowest BCUT2D eigenvalue weighted by molar-refractivity contribution is -0.154. The first-order valence-corrected chi connectivity index (χ1v) is 10.4. The van der Waals surface area contributed by atoms with Crippen LogP contribution < -0.4 is 0 Å². The molecule has 5 unspecified atom stereocenters. The highest BCUT2D eigenvalue weighted by atomic mass is 32.2. The molecule has 25 heavy (non-hydrogen) atoms. The molecule has 0 N–H and O–H groups in total. The molecule has 2 aliphatic heterocycles. The minimum Gasteiger partial charge on any atom is -0.378 e. The quantitative estimate of drug-likeness (QED) is 0.533. The van der Waals surface area contributed by atoms with Gasteiger partial charge in [0, 0.05) is 13.1 Å². The van der Waals surface area contributed by atoms with Crippen LogP contribution in [0.1, 0.15) is 12.8 Å². The number of fused-ring (bicyclic) bond motifs is 5. The van der Waals surface area contributed by atoms with E-state index in [0.717, 1.165) is 12.2 Å². The predicted octanol–water partition coefficient (Wildman–Crippen LogP) is 0.774. The minimum atomic E-state index is -0.657. The van der Waals surface area contributed by atoms with E-state index < -0.39 is 6.04 Å². The molecule has 7 heteroatoms. The van der Waals surface area contributed by atoms with E-state index in [1.165, 1.54) is 4.90 Å². The number of carbonyl (C=O) groups excluding carboxylic acids is 3. The van der Waals surface area contributed by atoms with Gasteiger partial charge in [-0.2, -0.15) is 11.8 Å². The third kappa shape index (κ3) is 2.72. The van der Waals surface area contributed by atoms with Gasteiger partial charge in [0.25, 0.3) is 0 Å². The van der Waals surface area contributed by atoms with Gasteiger partial charge in [0.15, 0.2) is 0 Å². The molecule has 0 aromatic rings. The van der Waals surface area contributed by atoms with E-state index in [0.29, 0.717) is 32.7 Å². The lowest BCUT2D eigenvalue weighted by Gasteiger charge is -2.34. The largest absolute Gasteiger partial charge is 0.378 e. The number of allylic oxidation sites excluding steroid dienone is 2. The van der Waals surface area contributed by atoms with Gasteiger partial charge < -0.3 is 9.64 Å². The first kappa shape index (κ1) is 17.1. The van der Waals surface area contributed by atoms with Crippen LogP contribution >= 0.6 is 11.8 Å². The summed E-state index contributed by atoms with van der Waals surface area (Å²) in [6.45, 7) is 2.10. The van der Waals surface area contributed by atoms with Gasteiger partial charge in [-0.05, 0) is 36.7 Å². The summed E-state index contributed by atoms with van der Waals surface area (Å²) in [4.78, 5) is 42.3. The van der Waals surface area contributed by atoms with Gasteiger partial charge in [-0.25, -0.2) is 0 Å². The average Bonchev–Trinajstić information content (AvgIpc) is 3.31. The number of imide groups is 1. The molecule has 2 heterocycles. The maximum Gasteiger partial charge on any atom is 0.246 e. The van der Waals surface area contributed by atoms with Crippen molar-refractivity contribution in [3.05, 3.63) is 12.2 Å². The van der Waals surface area contributed by atoms with E-state index in [-0.39, 0.29) is 41.4 Å². The predicted molar refractivity (Wildman–Crippen MR) is 93.8 cm³/mol. The molecule has 3 amide bonds. The Morgan fingerprint density at radius 3 is 2.36 bits per heavy atom. The third-order valence-electron chi connectivity index (χ3n) is 6.02. The number of nitrogens with zero attached hydrogens (tertiary/aromatic N) is 2. The van der Waals surface area contributed by atoms with Crippen molar-refractivity contribution in [2.75, 3.05) is 38.3 Å². The van der Waals surface area contributed by atoms with Crippen LogP contribution in [0.25, 0.3) is 0 Å². The average molecular weight is 364 g/mol. The fourth-order valence-electron chi connectivity index (χ4n) is 4.82. The molecule has 0 aromatic heterocycles. The number of morpholine rings is 1. The Hall–Kier alpha value is -1.34. The van der Waals surface area contributed by atoms with Crippen LogP contribution in [0.4, 0.5) is 0 Å². The van der Waals surface area contributed by atoms with Crippen molar-refractivity contribution in [1.29, 1.82) is 0 Å². The zero-order valence-electron chi connectivity index (χ0n) is 14.4. The van der Waals surface area contributed by atoms with Crippen LogP contribution in [0.2, 0.25) is 0 Å². The standard InChI is InChI=1S/C18H24N2O4S/c1-25-9-4-13(16(21)19-5-7-24-8-6-19)20-17(22)14-11-2-3-12(10-11)15(14)18(20)23/h2-3,11-15H,4-10H2,1H3. The van der Waals surface area contributed by atoms with Gasteiger partial charge in [0.2, 0.25) is 17.7 Å². The zero-order chi connectivity index (χ0) is 17.6. The van der Waals surface area contributed by atoms with E-state index in [1.807, 2.05) is 6.26 Å². The molecule has 4 rings (SSSR count). The fourth-order valence-corrected chi connectivity index (χ4v) is 5.28. The van der Waals surface area contributed by atoms with Gasteiger partial charge in [-0.15, -0.1) is 0 Å². The number of rotatable bonds is 5. The fraction of sp³-hybridized carbons (Fsp3) is 0.722. The molecular weight excluding hydrogens is 340 g/mol. The van der Waals surface area contributed by atoms with Crippen molar-refractivity contribution in [3.63, 3.8) is 0 Å². The Kier molecular flexibility index (Phi) is 4.62. The van der Waals surface area contributed by atoms with Crippen molar-refractivity contribution in [2.24, 2.45) is 23.7 Å². The van der Waals surface area contributed by atoms with E-state index in [2.05, 4.69) is 12.2 Å². The summed E-state index contributed by atoms with van der Waals surface area (Å²) < 4.78 is 5.32. The van der Waals surface area contributed by atoms with E-state index in [9.17, 15) is 14.4 Å². The number of carbonyl (C=O) groups is 3. The summed E-state index contributed by atoms with van der Waals surface area (Å²) in [5.74, 6) is 0.275. The SMILES string of the molecule is CSCCC(C(=O)N1CCOCC1)N1C(=O)C2C3C=CC(C3)C2C1=O. The van der Waals surface area contributed by atoms with Crippen molar-refractivity contribution >= 4 is 29.5 Å². The second-order valence-electron chi connectivity index (χ2n) is 7.28. The van der Waals surface area contributed by atoms with Crippen LogP contribution in [0.15, 0.2) is 12.2 Å². The summed E-state index contributed by atoms with van der Waals surface area (Å²) in [6, 6.07) is -0.657. The number of thioether (sulfide) groups is 1. The minimum absolute atomic E-state index is 0.0978. The topological polar surface area (TPSA) is 66.9 Å². The molecule has 0 radical (unpaired) electrons. The van der Waals surface area contributed by atoms with Crippen LogP contribution in [0, 0.1) is 23.7 Å². The van der Waals surface area contributed by atoms with Crippen molar-refractivity contribution < 1.29 is 19.1 Å². The highest BCUT2D eigenvalue weighted by Crippen LogP contribution is 2.53. The second kappa shape index (κ2) is 6.76. The lowest BCUT2D eigenvalue weighted by Crippen LogP contribution is -2.54. The monoisotopic (exact) mass is 364 g/mol. The molecule has 0 aromatic carbocycles. The maximum absolute atomic E-state index is 13.1. The Morgan fingerprint density at radius 1 is 1.20 bits per heavy atom. The Bertz CT molecular complexity index is 586. The summed E-state index contributed by atoms with van der Waals surface area (Å²) in [7, 11) is 0. The molecule has 0 spiro atoms. The van der Waals surface area contributed by atoms with E-state index >= 15 is 0 Å². The molecular formula is C18H24N2O4S.